The van der Waals surface area contributed by atoms with Crippen LogP contribution in [0.1, 0.15) is 72.1 Å². The number of carbonyl (C=O) groups excluding carboxylic acids is 8. The summed E-state index contributed by atoms with van der Waals surface area (Å²) in [5.74, 6) is -3.20. The van der Waals surface area contributed by atoms with Crippen LogP contribution in [0.3, 0.4) is 0 Å². The van der Waals surface area contributed by atoms with E-state index in [9.17, 15) is 38.4 Å². The molecule has 2 rings (SSSR count). The van der Waals surface area contributed by atoms with Gasteiger partial charge in [-0.05, 0) is 37.2 Å². The standard InChI is InChI=1S/C39H56N10O8/c1-8-12-28(45-25(7)50)36(54)42-20-33(51)46-30(16-23(4)5)38(56)48-31(17-26-13-10-9-11-14-26)39(57)49-32(18-27-19-41-21-43-27)37(55)44-24(6)35(53)47-29(34(40)52)15-22(2)3/h1,9-11,13-14,19,21-24,28-32H,12,15-18,20H2,2-7H3,(H2,40,52)(H,41,43)(H,42,54)(H,44,55)(H,45,50)(H,46,51)(H,47,53)(H,48,56)(H,49,57)/t24-,28-,29-,30-,31-,32-/m0/s1. The smallest absolute Gasteiger partial charge is 0.244 e. The number of benzene rings is 1. The summed E-state index contributed by atoms with van der Waals surface area (Å²) in [6.07, 6.45) is 8.44. The number of aromatic amines is 1. The van der Waals surface area contributed by atoms with Crippen LogP contribution in [0.5, 0.6) is 0 Å². The van der Waals surface area contributed by atoms with Crippen LogP contribution in [0, 0.1) is 24.2 Å². The van der Waals surface area contributed by atoms with Crippen molar-refractivity contribution < 1.29 is 38.4 Å². The van der Waals surface area contributed by atoms with Crippen molar-refractivity contribution >= 4 is 47.3 Å². The Balaban J connectivity index is 2.30. The number of hydrogen-bond acceptors (Lipinski definition) is 9. The molecule has 6 atom stereocenters. The number of imidazole rings is 1. The number of aromatic nitrogens is 2. The van der Waals surface area contributed by atoms with Crippen LogP contribution in [-0.4, -0.2) is 100 Å². The molecular formula is C39H56N10O8. The van der Waals surface area contributed by atoms with Crippen LogP contribution in [0.4, 0.5) is 0 Å². The molecule has 0 aliphatic rings. The molecule has 8 amide bonds. The summed E-state index contributed by atoms with van der Waals surface area (Å²) >= 11 is 0. The molecule has 0 saturated carbocycles. The lowest BCUT2D eigenvalue weighted by Gasteiger charge is -2.27. The number of nitrogens with two attached hydrogens (primary N) is 1. The maximum Gasteiger partial charge on any atom is 0.244 e. The quantitative estimate of drug-likeness (QED) is 0.0615. The number of nitrogens with one attached hydrogen (secondary N) is 8. The number of carbonyl (C=O) groups is 8. The Bertz CT molecular complexity index is 1730. The van der Waals surface area contributed by atoms with Crippen LogP contribution in [0.15, 0.2) is 42.9 Å². The first-order chi connectivity index (χ1) is 26.9. The zero-order valence-electron chi connectivity index (χ0n) is 33.3. The molecule has 1 aromatic carbocycles. The third-order valence-corrected chi connectivity index (χ3v) is 8.44. The van der Waals surface area contributed by atoms with Gasteiger partial charge in [0.25, 0.3) is 0 Å². The van der Waals surface area contributed by atoms with Gasteiger partial charge in [0, 0.05) is 38.1 Å². The average molecular weight is 793 g/mol. The molecule has 0 radical (unpaired) electrons. The third kappa shape index (κ3) is 17.4. The van der Waals surface area contributed by atoms with Gasteiger partial charge in [0.2, 0.25) is 47.3 Å². The van der Waals surface area contributed by atoms with E-state index in [-0.39, 0.29) is 37.5 Å². The molecule has 1 aromatic heterocycles. The normalized spacial score (nSPS) is 14.0. The van der Waals surface area contributed by atoms with Gasteiger partial charge >= 0.3 is 0 Å². The highest BCUT2D eigenvalue weighted by molar-refractivity contribution is 5.97. The Labute approximate surface area is 332 Å². The van der Waals surface area contributed by atoms with E-state index < -0.39 is 90.1 Å². The van der Waals surface area contributed by atoms with Crippen molar-refractivity contribution in [1.82, 2.24) is 47.2 Å². The molecule has 18 nitrogen and oxygen atoms in total. The molecule has 1 heterocycles. The Kier molecular flexibility index (Phi) is 19.4. The summed E-state index contributed by atoms with van der Waals surface area (Å²) in [5, 5.41) is 18.0. The van der Waals surface area contributed by atoms with Crippen molar-refractivity contribution in [2.24, 2.45) is 17.6 Å². The second-order valence-electron chi connectivity index (χ2n) is 14.5. The molecular weight excluding hydrogens is 736 g/mol. The Morgan fingerprint density at radius 3 is 1.81 bits per heavy atom. The van der Waals surface area contributed by atoms with Crippen LogP contribution in [0.25, 0.3) is 0 Å². The van der Waals surface area contributed by atoms with Gasteiger partial charge in [-0.1, -0.05) is 58.0 Å². The molecule has 0 spiro atoms. The lowest BCUT2D eigenvalue weighted by Crippen LogP contribution is -2.59. The van der Waals surface area contributed by atoms with Crippen LogP contribution < -0.4 is 43.0 Å². The highest BCUT2D eigenvalue weighted by Crippen LogP contribution is 2.10. The fraction of sp³-hybridized carbons (Fsp3) is 0.513. The second kappa shape index (κ2) is 23.6. The van der Waals surface area contributed by atoms with Crippen LogP contribution in [0.2, 0.25) is 0 Å². The lowest BCUT2D eigenvalue weighted by atomic mass is 10.0. The molecule has 57 heavy (non-hydrogen) atoms. The van der Waals surface area contributed by atoms with Gasteiger partial charge in [0.05, 0.1) is 12.9 Å². The average Bonchev–Trinajstić information content (AvgIpc) is 3.65. The third-order valence-electron chi connectivity index (χ3n) is 8.44. The van der Waals surface area contributed by atoms with E-state index in [4.69, 9.17) is 12.2 Å². The monoisotopic (exact) mass is 792 g/mol. The van der Waals surface area contributed by atoms with Crippen molar-refractivity contribution in [2.75, 3.05) is 6.54 Å². The van der Waals surface area contributed by atoms with Crippen molar-refractivity contribution in [3.63, 3.8) is 0 Å². The highest BCUT2D eigenvalue weighted by Gasteiger charge is 2.32. The summed E-state index contributed by atoms with van der Waals surface area (Å²) in [6.45, 7) is 9.50. The molecule has 0 aliphatic heterocycles. The zero-order chi connectivity index (χ0) is 42.7. The lowest BCUT2D eigenvalue weighted by molar-refractivity contribution is -0.135. The van der Waals surface area contributed by atoms with E-state index in [1.54, 1.807) is 30.3 Å². The van der Waals surface area contributed by atoms with Gasteiger partial charge in [-0.25, -0.2) is 4.98 Å². The Morgan fingerprint density at radius 2 is 1.26 bits per heavy atom. The molecule has 0 aliphatic carbocycles. The maximum atomic E-state index is 14.1. The summed E-state index contributed by atoms with van der Waals surface area (Å²) in [7, 11) is 0. The number of rotatable bonds is 23. The maximum absolute atomic E-state index is 14.1. The molecule has 0 bridgehead atoms. The SMILES string of the molecule is C#CC[C@H](NC(C)=O)C(=O)NCC(=O)N[C@@H](CC(C)C)C(=O)N[C@@H](Cc1ccccc1)C(=O)N[C@@H](Cc1cnc[nH]1)C(=O)N[C@@H](C)C(=O)N[C@@H](CC(C)C)C(N)=O. The molecule has 18 heteroatoms. The number of hydrogen-bond donors (Lipinski definition) is 9. The Hall–Kier alpha value is -6.25. The molecule has 310 valence electrons. The van der Waals surface area contributed by atoms with Crippen LogP contribution >= 0.6 is 0 Å². The van der Waals surface area contributed by atoms with Crippen molar-refractivity contribution in [1.29, 1.82) is 0 Å². The molecule has 0 fully saturated rings. The topological polar surface area (TPSA) is 275 Å². The number of H-pyrrole nitrogens is 1. The van der Waals surface area contributed by atoms with Gasteiger partial charge in [-0.3, -0.25) is 38.4 Å². The first kappa shape index (κ1) is 46.9. The minimum atomic E-state index is -1.27. The van der Waals surface area contributed by atoms with Gasteiger partial charge < -0.3 is 47.9 Å². The van der Waals surface area contributed by atoms with E-state index in [0.717, 1.165) is 0 Å². The second-order valence-corrected chi connectivity index (χ2v) is 14.5. The number of terminal acetylenes is 1. The fourth-order valence-electron chi connectivity index (χ4n) is 5.63. The first-order valence-corrected chi connectivity index (χ1v) is 18.7. The largest absolute Gasteiger partial charge is 0.368 e. The first-order valence-electron chi connectivity index (χ1n) is 18.7. The minimum Gasteiger partial charge on any atom is -0.368 e. The summed E-state index contributed by atoms with van der Waals surface area (Å²) < 4.78 is 0. The molecule has 0 unspecified atom stereocenters. The summed E-state index contributed by atoms with van der Waals surface area (Å²) in [4.78, 5) is 110. The van der Waals surface area contributed by atoms with Gasteiger partial charge in [0.1, 0.15) is 36.3 Å². The van der Waals surface area contributed by atoms with Crippen molar-refractivity contribution in [3.05, 3.63) is 54.1 Å². The number of amides is 8. The minimum absolute atomic E-state index is 0.00189. The molecule has 10 N–H and O–H groups in total. The highest BCUT2D eigenvalue weighted by atomic mass is 16.2. The van der Waals surface area contributed by atoms with E-state index in [1.165, 1.54) is 26.4 Å². The van der Waals surface area contributed by atoms with Gasteiger partial charge in [0.15, 0.2) is 0 Å². The van der Waals surface area contributed by atoms with Crippen molar-refractivity contribution in [3.8, 4) is 12.3 Å². The summed E-state index contributed by atoms with van der Waals surface area (Å²) in [5.41, 5.74) is 6.63. The zero-order valence-corrected chi connectivity index (χ0v) is 33.3. The molecule has 0 saturated heterocycles. The molecule has 2 aromatic rings. The van der Waals surface area contributed by atoms with E-state index in [2.05, 4.69) is 53.1 Å². The van der Waals surface area contributed by atoms with Gasteiger partial charge in [-0.2, -0.15) is 0 Å². The van der Waals surface area contributed by atoms with Crippen LogP contribution in [-0.2, 0) is 51.2 Å². The van der Waals surface area contributed by atoms with Gasteiger partial charge in [-0.15, -0.1) is 12.3 Å². The van der Waals surface area contributed by atoms with E-state index in [1.807, 2.05) is 27.7 Å². The predicted molar refractivity (Wildman–Crippen MR) is 210 cm³/mol. The van der Waals surface area contributed by atoms with Crippen molar-refractivity contribution in [2.45, 2.75) is 110 Å². The van der Waals surface area contributed by atoms with E-state index in [0.29, 0.717) is 17.7 Å². The van der Waals surface area contributed by atoms with E-state index >= 15 is 0 Å². The predicted octanol–water partition coefficient (Wildman–Crippen LogP) is -1.14. The Morgan fingerprint density at radius 1 is 0.702 bits per heavy atom. The summed E-state index contributed by atoms with van der Waals surface area (Å²) in [6, 6.07) is 2.00. The number of primary amides is 1. The fourth-order valence-corrected chi connectivity index (χ4v) is 5.63. The number of nitrogens with zero attached hydrogens (tertiary/aromatic N) is 1.